The smallest absolute Gasteiger partial charge is 0.133 e. The zero-order valence-corrected chi connectivity index (χ0v) is 12.2. The van der Waals surface area contributed by atoms with Crippen LogP contribution in [0.1, 0.15) is 11.1 Å². The lowest BCUT2D eigenvalue weighted by Crippen LogP contribution is -2.06. The van der Waals surface area contributed by atoms with Gasteiger partial charge in [0.1, 0.15) is 5.15 Å². The molecule has 0 saturated heterocycles. The molecule has 0 fully saturated rings. The van der Waals surface area contributed by atoms with Crippen LogP contribution in [0.4, 0.5) is 0 Å². The largest absolute Gasteiger partial charge is 0.236 e. The van der Waals surface area contributed by atoms with Crippen LogP contribution in [-0.4, -0.2) is 4.98 Å². The van der Waals surface area contributed by atoms with Crippen LogP contribution in [0.2, 0.25) is 10.2 Å². The van der Waals surface area contributed by atoms with Gasteiger partial charge >= 0.3 is 0 Å². The van der Waals surface area contributed by atoms with Crippen LogP contribution in [0.25, 0.3) is 22.0 Å². The molecule has 20 heavy (non-hydrogen) atoms. The Bertz CT molecular complexity index is 840. The summed E-state index contributed by atoms with van der Waals surface area (Å²) >= 11 is 12.6. The summed E-state index contributed by atoms with van der Waals surface area (Å²) in [5.41, 5.74) is 5.85. The Balaban J connectivity index is 2.18. The Kier molecular flexibility index (Phi) is 2.73. The first-order chi connectivity index (χ1) is 9.74. The second kappa shape index (κ2) is 4.47. The molecule has 0 spiro atoms. The molecule has 98 valence electrons. The zero-order chi connectivity index (χ0) is 13.7. The lowest BCUT2D eigenvalue weighted by atomic mass is 9.84. The molecule has 1 aliphatic carbocycles. The number of pyridine rings is 1. The molecule has 0 amide bonds. The first-order valence-corrected chi connectivity index (χ1v) is 7.35. The van der Waals surface area contributed by atoms with Crippen molar-refractivity contribution in [2.24, 2.45) is 0 Å². The van der Waals surface area contributed by atoms with Gasteiger partial charge in [0.15, 0.2) is 0 Å². The van der Waals surface area contributed by atoms with Crippen LogP contribution in [0.5, 0.6) is 0 Å². The van der Waals surface area contributed by atoms with Crippen molar-refractivity contribution in [3.8, 4) is 11.1 Å². The lowest BCUT2D eigenvalue weighted by Gasteiger charge is -2.22. The number of hydrogen-bond acceptors (Lipinski definition) is 1. The van der Waals surface area contributed by atoms with Crippen molar-refractivity contribution in [1.29, 1.82) is 0 Å². The van der Waals surface area contributed by atoms with Crippen LogP contribution in [-0.2, 0) is 12.8 Å². The molecule has 0 radical (unpaired) electrons. The molecule has 1 heterocycles. The monoisotopic (exact) mass is 299 g/mol. The van der Waals surface area contributed by atoms with E-state index in [2.05, 4.69) is 29.2 Å². The summed E-state index contributed by atoms with van der Waals surface area (Å²) in [4.78, 5) is 4.51. The molecule has 0 aliphatic heterocycles. The summed E-state index contributed by atoms with van der Waals surface area (Å²) in [6.07, 6.45) is 1.94. The van der Waals surface area contributed by atoms with E-state index in [0.29, 0.717) is 5.15 Å². The molecule has 0 N–H and O–H groups in total. The van der Waals surface area contributed by atoms with Gasteiger partial charge in [0.25, 0.3) is 0 Å². The molecule has 0 saturated carbocycles. The van der Waals surface area contributed by atoms with Crippen molar-refractivity contribution in [3.63, 3.8) is 0 Å². The number of benzene rings is 2. The maximum absolute atomic E-state index is 6.38. The molecule has 4 rings (SSSR count). The van der Waals surface area contributed by atoms with Crippen LogP contribution in [0, 0.1) is 0 Å². The molecule has 1 aliphatic rings. The predicted molar refractivity (Wildman–Crippen MR) is 84.6 cm³/mol. The van der Waals surface area contributed by atoms with Crippen LogP contribution >= 0.6 is 23.2 Å². The standard InChI is InChI=1S/C17H11Cl2N/c18-11-6-8-15-14(9-11)16-12-4-2-1-3-10(12)5-7-13(16)17(19)20-15/h1-4,6,8-9H,5,7H2. The van der Waals surface area contributed by atoms with E-state index in [1.807, 2.05) is 18.2 Å². The molecule has 3 aromatic rings. The third kappa shape index (κ3) is 1.74. The summed E-state index contributed by atoms with van der Waals surface area (Å²) < 4.78 is 0. The predicted octanol–water partition coefficient (Wildman–Crippen LogP) is 5.31. The topological polar surface area (TPSA) is 12.9 Å². The van der Waals surface area contributed by atoms with E-state index in [1.54, 1.807) is 0 Å². The fourth-order valence-electron chi connectivity index (χ4n) is 3.02. The van der Waals surface area contributed by atoms with Crippen molar-refractivity contribution < 1.29 is 0 Å². The number of aromatic nitrogens is 1. The van der Waals surface area contributed by atoms with Crippen LogP contribution in [0.3, 0.4) is 0 Å². The second-order valence-corrected chi connectivity index (χ2v) is 5.87. The van der Waals surface area contributed by atoms with Crippen molar-refractivity contribution in [3.05, 3.63) is 63.8 Å². The van der Waals surface area contributed by atoms with E-state index >= 15 is 0 Å². The van der Waals surface area contributed by atoms with Crippen molar-refractivity contribution >= 4 is 34.1 Å². The number of nitrogens with zero attached hydrogens (tertiary/aromatic N) is 1. The summed E-state index contributed by atoms with van der Waals surface area (Å²) in [7, 11) is 0. The first-order valence-electron chi connectivity index (χ1n) is 6.60. The minimum absolute atomic E-state index is 0.615. The third-order valence-electron chi connectivity index (χ3n) is 3.93. The van der Waals surface area contributed by atoms with E-state index in [1.165, 1.54) is 16.7 Å². The normalized spacial score (nSPS) is 13.1. The Labute approximate surface area is 127 Å². The summed E-state index contributed by atoms with van der Waals surface area (Å²) in [5.74, 6) is 0. The summed E-state index contributed by atoms with van der Waals surface area (Å²) in [6, 6.07) is 14.3. The van der Waals surface area contributed by atoms with Crippen LogP contribution in [0.15, 0.2) is 42.5 Å². The minimum atomic E-state index is 0.615. The maximum atomic E-state index is 6.38. The number of rotatable bonds is 0. The third-order valence-corrected chi connectivity index (χ3v) is 4.48. The highest BCUT2D eigenvalue weighted by atomic mass is 35.5. The van der Waals surface area contributed by atoms with Gasteiger partial charge in [-0.2, -0.15) is 0 Å². The highest BCUT2D eigenvalue weighted by molar-refractivity contribution is 6.33. The van der Waals surface area contributed by atoms with E-state index in [0.717, 1.165) is 34.3 Å². The Hall–Kier alpha value is -1.57. The lowest BCUT2D eigenvalue weighted by molar-refractivity contribution is 0.937. The Morgan fingerprint density at radius 2 is 1.80 bits per heavy atom. The highest BCUT2D eigenvalue weighted by Gasteiger charge is 2.21. The van der Waals surface area contributed by atoms with Gasteiger partial charge in [-0.25, -0.2) is 4.98 Å². The summed E-state index contributed by atoms with van der Waals surface area (Å²) in [6.45, 7) is 0. The summed E-state index contributed by atoms with van der Waals surface area (Å²) in [5, 5.41) is 2.43. The maximum Gasteiger partial charge on any atom is 0.133 e. The average Bonchev–Trinajstić information content (AvgIpc) is 2.47. The molecular formula is C17H11Cl2N. The first kappa shape index (κ1) is 12.2. The number of fused-ring (bicyclic) bond motifs is 5. The fraction of sp³-hybridized carbons (Fsp3) is 0.118. The Morgan fingerprint density at radius 1 is 0.950 bits per heavy atom. The van der Waals surface area contributed by atoms with Crippen LogP contribution < -0.4 is 0 Å². The Morgan fingerprint density at radius 3 is 2.70 bits per heavy atom. The molecule has 0 bridgehead atoms. The van der Waals surface area contributed by atoms with Gasteiger partial charge in [0.05, 0.1) is 5.52 Å². The van der Waals surface area contributed by atoms with Gasteiger partial charge < -0.3 is 0 Å². The molecule has 3 heteroatoms. The van der Waals surface area contributed by atoms with Gasteiger partial charge in [-0.1, -0.05) is 47.5 Å². The minimum Gasteiger partial charge on any atom is -0.236 e. The number of halogens is 2. The highest BCUT2D eigenvalue weighted by Crippen LogP contribution is 2.41. The van der Waals surface area contributed by atoms with Gasteiger partial charge in [0.2, 0.25) is 0 Å². The fourth-order valence-corrected chi connectivity index (χ4v) is 3.47. The van der Waals surface area contributed by atoms with Gasteiger partial charge in [0, 0.05) is 10.4 Å². The SMILES string of the molecule is Clc1ccc2nc(Cl)c3c(c2c1)-c1ccccc1CC3. The molecule has 0 unspecified atom stereocenters. The molecular weight excluding hydrogens is 289 g/mol. The molecule has 2 aromatic carbocycles. The quantitative estimate of drug-likeness (QED) is 0.513. The van der Waals surface area contributed by atoms with Crippen molar-refractivity contribution in [2.45, 2.75) is 12.8 Å². The van der Waals surface area contributed by atoms with E-state index in [4.69, 9.17) is 23.2 Å². The number of hydrogen-bond donors (Lipinski definition) is 0. The van der Waals surface area contributed by atoms with E-state index in [9.17, 15) is 0 Å². The zero-order valence-electron chi connectivity index (χ0n) is 10.7. The van der Waals surface area contributed by atoms with E-state index in [-0.39, 0.29) is 0 Å². The molecule has 1 nitrogen and oxygen atoms in total. The number of aryl methyl sites for hydroxylation is 1. The van der Waals surface area contributed by atoms with Gasteiger partial charge in [-0.05, 0) is 53.3 Å². The van der Waals surface area contributed by atoms with Gasteiger partial charge in [-0.3, -0.25) is 0 Å². The van der Waals surface area contributed by atoms with Crippen molar-refractivity contribution in [1.82, 2.24) is 4.98 Å². The molecule has 1 aromatic heterocycles. The van der Waals surface area contributed by atoms with E-state index < -0.39 is 0 Å². The average molecular weight is 300 g/mol. The van der Waals surface area contributed by atoms with Crippen molar-refractivity contribution in [2.75, 3.05) is 0 Å². The molecule has 0 atom stereocenters. The van der Waals surface area contributed by atoms with Gasteiger partial charge in [-0.15, -0.1) is 0 Å². The second-order valence-electron chi connectivity index (χ2n) is 5.07.